The maximum atomic E-state index is 9.49. The number of aliphatic hydroxyl groups excluding tert-OH is 4. The second-order valence-electron chi connectivity index (χ2n) is 2.96. The van der Waals surface area contributed by atoms with E-state index < -0.39 is 37.3 Å². The Kier molecular flexibility index (Phi) is 3.09. The molecule has 0 aromatic carbocycles. The Labute approximate surface area is 77.2 Å². The molecule has 0 bridgehead atoms. The summed E-state index contributed by atoms with van der Waals surface area (Å²) in [4.78, 5) is 0. The molecule has 0 saturated carbocycles. The van der Waals surface area contributed by atoms with Crippen LogP contribution < -0.4 is 5.32 Å². The van der Waals surface area contributed by atoms with E-state index in [0.29, 0.717) is 0 Å². The van der Waals surface area contributed by atoms with Crippen LogP contribution in [0.5, 0.6) is 0 Å². The largest absolute Gasteiger partial charge is 0.394 e. The molecule has 0 spiro atoms. The Morgan fingerprint density at radius 2 is 2.08 bits per heavy atom. The number of nitrogens with one attached hydrogen (secondary N) is 1. The first kappa shape index (κ1) is 9.32. The minimum atomic E-state index is -1.34. The SMILES string of the molecule is [2H]CN[C@@H]1C(O)O[C@H](CO)[C@@H](O)[C@@H]1O. The highest BCUT2D eigenvalue weighted by atomic mass is 16.6. The summed E-state index contributed by atoms with van der Waals surface area (Å²) >= 11 is 0. The van der Waals surface area contributed by atoms with Gasteiger partial charge in [-0.2, -0.15) is 0 Å². The lowest BCUT2D eigenvalue weighted by molar-refractivity contribution is -0.253. The first-order valence-electron chi connectivity index (χ1n) is 4.65. The summed E-state index contributed by atoms with van der Waals surface area (Å²) in [7, 11) is -0.210. The van der Waals surface area contributed by atoms with E-state index >= 15 is 0 Å². The maximum absolute atomic E-state index is 9.49. The van der Waals surface area contributed by atoms with Crippen molar-refractivity contribution in [1.29, 1.82) is 0 Å². The Bertz CT molecular complexity index is 183. The Morgan fingerprint density at radius 1 is 1.38 bits per heavy atom. The van der Waals surface area contributed by atoms with Crippen molar-refractivity contribution in [2.24, 2.45) is 0 Å². The number of ether oxygens (including phenoxy) is 1. The molecule has 6 heteroatoms. The van der Waals surface area contributed by atoms with Crippen LogP contribution in [0.15, 0.2) is 0 Å². The minimum absolute atomic E-state index is 0.210. The third kappa shape index (κ3) is 1.98. The molecule has 1 aliphatic rings. The van der Waals surface area contributed by atoms with E-state index in [1.54, 1.807) is 0 Å². The zero-order valence-electron chi connectivity index (χ0n) is 8.00. The van der Waals surface area contributed by atoms with Gasteiger partial charge in [-0.3, -0.25) is 0 Å². The molecule has 1 heterocycles. The van der Waals surface area contributed by atoms with Crippen molar-refractivity contribution >= 4 is 0 Å². The molecule has 13 heavy (non-hydrogen) atoms. The van der Waals surface area contributed by atoms with Crippen LogP contribution in [-0.2, 0) is 4.74 Å². The minimum Gasteiger partial charge on any atom is -0.394 e. The molecule has 5 atom stereocenters. The summed E-state index contributed by atoms with van der Waals surface area (Å²) in [6, 6.07) is -0.912. The molecular weight excluding hydrogens is 178 g/mol. The number of rotatable bonds is 2. The first-order chi connectivity index (χ1) is 6.61. The molecular formula is C7H15NO5. The van der Waals surface area contributed by atoms with Crippen LogP contribution in [0.3, 0.4) is 0 Å². The standard InChI is InChI=1S/C7H15NO5/c1-8-4-6(11)5(10)3(2-9)13-7(4)12/h3-12H,2H2,1H3/t3-,4+,5-,6-,7?/m1/s1/i1D. The molecule has 1 fully saturated rings. The number of aliphatic hydroxyl groups is 4. The van der Waals surface area contributed by atoms with Gasteiger partial charge in [-0.15, -0.1) is 0 Å². The molecule has 0 aliphatic carbocycles. The molecule has 5 N–H and O–H groups in total. The monoisotopic (exact) mass is 194 g/mol. The van der Waals surface area contributed by atoms with Crippen molar-refractivity contribution in [2.75, 3.05) is 13.6 Å². The van der Waals surface area contributed by atoms with Crippen LogP contribution in [0.2, 0.25) is 0 Å². The van der Waals surface area contributed by atoms with Crippen molar-refractivity contribution in [3.8, 4) is 0 Å². The molecule has 0 aromatic heterocycles. The van der Waals surface area contributed by atoms with E-state index in [9.17, 15) is 15.3 Å². The zero-order valence-corrected chi connectivity index (χ0v) is 7.00. The molecule has 0 radical (unpaired) electrons. The number of hydrogen-bond donors (Lipinski definition) is 5. The average molecular weight is 194 g/mol. The van der Waals surface area contributed by atoms with Gasteiger partial charge in [0.1, 0.15) is 18.3 Å². The molecule has 1 aliphatic heterocycles. The van der Waals surface area contributed by atoms with Crippen LogP contribution >= 0.6 is 0 Å². The van der Waals surface area contributed by atoms with Crippen LogP contribution in [0.1, 0.15) is 1.37 Å². The highest BCUT2D eigenvalue weighted by Gasteiger charge is 2.42. The van der Waals surface area contributed by atoms with E-state index in [1.807, 2.05) is 0 Å². The highest BCUT2D eigenvalue weighted by molar-refractivity contribution is 4.91. The second kappa shape index (κ2) is 4.32. The molecule has 78 valence electrons. The van der Waals surface area contributed by atoms with Crippen molar-refractivity contribution in [2.45, 2.75) is 30.6 Å². The molecule has 1 saturated heterocycles. The second-order valence-corrected chi connectivity index (χ2v) is 2.96. The summed E-state index contributed by atoms with van der Waals surface area (Å²) in [5.74, 6) is 0. The number of hydrogen-bond acceptors (Lipinski definition) is 6. The number of likely N-dealkylation sites (N-methyl/N-ethyl adjacent to an activating group) is 1. The van der Waals surface area contributed by atoms with Gasteiger partial charge in [0.05, 0.1) is 12.6 Å². The Balaban J connectivity index is 2.63. The van der Waals surface area contributed by atoms with Crippen LogP contribution in [0, 0.1) is 0 Å². The summed E-state index contributed by atoms with van der Waals surface area (Å²) in [5.41, 5.74) is 0. The van der Waals surface area contributed by atoms with Crippen LogP contribution in [0.4, 0.5) is 0 Å². The van der Waals surface area contributed by atoms with Gasteiger partial charge in [0.25, 0.3) is 0 Å². The van der Waals surface area contributed by atoms with Crippen molar-refractivity contribution < 1.29 is 26.5 Å². The van der Waals surface area contributed by atoms with E-state index in [-0.39, 0.29) is 7.02 Å². The lowest BCUT2D eigenvalue weighted by Crippen LogP contribution is -2.62. The maximum Gasteiger partial charge on any atom is 0.173 e. The molecule has 6 nitrogen and oxygen atoms in total. The fourth-order valence-electron chi connectivity index (χ4n) is 1.32. The third-order valence-electron chi connectivity index (χ3n) is 2.14. The predicted molar refractivity (Wildman–Crippen MR) is 42.8 cm³/mol. The fraction of sp³-hybridized carbons (Fsp3) is 1.00. The van der Waals surface area contributed by atoms with Gasteiger partial charge >= 0.3 is 0 Å². The normalized spacial score (nSPS) is 47.4. The van der Waals surface area contributed by atoms with Gasteiger partial charge in [-0.05, 0) is 7.02 Å². The van der Waals surface area contributed by atoms with Gasteiger partial charge in [0.2, 0.25) is 0 Å². The van der Waals surface area contributed by atoms with Crippen molar-refractivity contribution in [1.82, 2.24) is 5.32 Å². The smallest absolute Gasteiger partial charge is 0.173 e. The topological polar surface area (TPSA) is 102 Å². The Hall–Kier alpha value is -0.240. The fourth-order valence-corrected chi connectivity index (χ4v) is 1.32. The summed E-state index contributed by atoms with van der Waals surface area (Å²) in [5, 5.41) is 39.4. The highest BCUT2D eigenvalue weighted by Crippen LogP contribution is 2.18. The quantitative estimate of drug-likeness (QED) is 0.321. The zero-order chi connectivity index (χ0) is 10.7. The van der Waals surface area contributed by atoms with E-state index in [4.69, 9.17) is 11.2 Å². The van der Waals surface area contributed by atoms with E-state index in [1.165, 1.54) is 0 Å². The molecule has 0 aromatic rings. The lowest BCUT2D eigenvalue weighted by Gasteiger charge is -2.39. The van der Waals surface area contributed by atoms with Gasteiger partial charge in [0, 0.05) is 1.37 Å². The van der Waals surface area contributed by atoms with Gasteiger partial charge < -0.3 is 30.5 Å². The molecule has 1 rings (SSSR count). The summed E-state index contributed by atoms with van der Waals surface area (Å²) in [6.07, 6.45) is -4.87. The average Bonchev–Trinajstić information content (AvgIpc) is 2.18. The third-order valence-corrected chi connectivity index (χ3v) is 2.14. The van der Waals surface area contributed by atoms with Crippen molar-refractivity contribution in [3.63, 3.8) is 0 Å². The predicted octanol–water partition coefficient (Wildman–Crippen LogP) is -2.99. The van der Waals surface area contributed by atoms with E-state index in [0.717, 1.165) is 0 Å². The van der Waals surface area contributed by atoms with Crippen LogP contribution in [0.25, 0.3) is 0 Å². The summed E-state index contributed by atoms with van der Waals surface area (Å²) in [6.45, 7) is -0.483. The summed E-state index contributed by atoms with van der Waals surface area (Å²) < 4.78 is 11.7. The van der Waals surface area contributed by atoms with Crippen molar-refractivity contribution in [3.05, 3.63) is 0 Å². The van der Waals surface area contributed by atoms with Crippen LogP contribution in [-0.4, -0.2) is 64.7 Å². The van der Waals surface area contributed by atoms with E-state index in [2.05, 4.69) is 5.32 Å². The Morgan fingerprint density at radius 3 is 2.62 bits per heavy atom. The molecule has 1 unspecified atom stereocenters. The van der Waals surface area contributed by atoms with Gasteiger partial charge in [-0.1, -0.05) is 0 Å². The lowest BCUT2D eigenvalue weighted by atomic mass is 9.97. The van der Waals surface area contributed by atoms with Gasteiger partial charge in [0.15, 0.2) is 6.29 Å². The first-order valence-corrected chi connectivity index (χ1v) is 3.95. The van der Waals surface area contributed by atoms with Gasteiger partial charge in [-0.25, -0.2) is 0 Å². The molecule has 0 amide bonds.